The number of benzene rings is 1. The molecule has 0 radical (unpaired) electrons. The van der Waals surface area contributed by atoms with Crippen LogP contribution in [-0.2, 0) is 6.42 Å². The van der Waals surface area contributed by atoms with E-state index in [1.165, 1.54) is 22.5 Å². The zero-order valence-electron chi connectivity index (χ0n) is 11.3. The predicted molar refractivity (Wildman–Crippen MR) is 86.3 cm³/mol. The normalized spacial score (nSPS) is 17.6. The summed E-state index contributed by atoms with van der Waals surface area (Å²) in [5.74, 6) is 0.0329. The molecular weight excluding hydrogens is 334 g/mol. The van der Waals surface area contributed by atoms with Crippen LogP contribution in [0.5, 0.6) is 0 Å². The molecule has 1 amide bonds. The molecule has 0 fully saturated rings. The molecule has 0 spiro atoms. The number of carbonyl (C=O) groups is 1. The van der Waals surface area contributed by atoms with E-state index in [1.54, 1.807) is 0 Å². The Bertz CT molecular complexity index is 630. The minimum atomic E-state index is 0.0329. The van der Waals surface area contributed by atoms with Gasteiger partial charge in [0.05, 0.1) is 14.7 Å². The number of rotatable bonds is 2. The first-order valence-electron chi connectivity index (χ1n) is 6.80. The molecule has 1 aromatic carbocycles. The van der Waals surface area contributed by atoms with E-state index in [1.807, 2.05) is 13.0 Å². The standard InChI is InChI=1S/C16H16BrNOS/c1-10-9-14(20-15(10)17)16(19)18-13-8-4-6-11-5-2-3-7-12(11)13/h2-3,5,7,9,13H,4,6,8H2,1H3,(H,18,19). The lowest BCUT2D eigenvalue weighted by atomic mass is 9.88. The molecule has 104 valence electrons. The Balaban J connectivity index is 1.80. The fourth-order valence-electron chi connectivity index (χ4n) is 2.71. The van der Waals surface area contributed by atoms with Crippen molar-refractivity contribution < 1.29 is 4.79 Å². The number of nitrogens with one attached hydrogen (secondary N) is 1. The number of thiophene rings is 1. The molecule has 2 nitrogen and oxygen atoms in total. The molecule has 1 N–H and O–H groups in total. The van der Waals surface area contributed by atoms with Gasteiger partial charge in [-0.25, -0.2) is 0 Å². The highest BCUT2D eigenvalue weighted by molar-refractivity contribution is 9.11. The third-order valence-electron chi connectivity index (χ3n) is 3.76. The van der Waals surface area contributed by atoms with E-state index >= 15 is 0 Å². The second-order valence-electron chi connectivity index (χ2n) is 5.18. The van der Waals surface area contributed by atoms with Gasteiger partial charge < -0.3 is 5.32 Å². The highest BCUT2D eigenvalue weighted by atomic mass is 79.9. The Kier molecular flexibility index (Phi) is 3.94. The van der Waals surface area contributed by atoms with E-state index in [0.717, 1.165) is 33.5 Å². The maximum atomic E-state index is 12.4. The maximum Gasteiger partial charge on any atom is 0.261 e. The Morgan fingerprint density at radius 2 is 2.20 bits per heavy atom. The van der Waals surface area contributed by atoms with E-state index in [4.69, 9.17) is 0 Å². The molecule has 0 bridgehead atoms. The van der Waals surface area contributed by atoms with Crippen LogP contribution >= 0.6 is 27.3 Å². The third-order valence-corrected chi connectivity index (χ3v) is 5.89. The molecule has 3 rings (SSSR count). The highest BCUT2D eigenvalue weighted by Gasteiger charge is 2.22. The quantitative estimate of drug-likeness (QED) is 0.841. The minimum absolute atomic E-state index is 0.0329. The number of amides is 1. The Labute approximate surface area is 131 Å². The van der Waals surface area contributed by atoms with Gasteiger partial charge in [0.25, 0.3) is 5.91 Å². The van der Waals surface area contributed by atoms with Crippen molar-refractivity contribution in [2.45, 2.75) is 32.2 Å². The van der Waals surface area contributed by atoms with E-state index in [9.17, 15) is 4.79 Å². The summed E-state index contributed by atoms with van der Waals surface area (Å²) in [6, 6.07) is 10.5. The highest BCUT2D eigenvalue weighted by Crippen LogP contribution is 2.31. The first-order chi connectivity index (χ1) is 9.65. The van der Waals surface area contributed by atoms with E-state index in [0.29, 0.717) is 0 Å². The smallest absolute Gasteiger partial charge is 0.261 e. The SMILES string of the molecule is Cc1cc(C(=O)NC2CCCc3ccccc32)sc1Br. The molecule has 0 saturated carbocycles. The van der Waals surface area contributed by atoms with Gasteiger partial charge in [-0.1, -0.05) is 24.3 Å². The average molecular weight is 350 g/mol. The summed E-state index contributed by atoms with van der Waals surface area (Å²) in [4.78, 5) is 13.1. The van der Waals surface area contributed by atoms with Crippen molar-refractivity contribution >= 4 is 33.2 Å². The average Bonchev–Trinajstić information content (AvgIpc) is 2.79. The monoisotopic (exact) mass is 349 g/mol. The molecular formula is C16H16BrNOS. The molecule has 1 atom stereocenters. The Morgan fingerprint density at radius 3 is 2.95 bits per heavy atom. The van der Waals surface area contributed by atoms with Crippen LogP contribution in [0.4, 0.5) is 0 Å². The van der Waals surface area contributed by atoms with Gasteiger partial charge in [-0.3, -0.25) is 4.79 Å². The number of fused-ring (bicyclic) bond motifs is 1. The van der Waals surface area contributed by atoms with E-state index in [2.05, 4.69) is 45.5 Å². The zero-order chi connectivity index (χ0) is 14.1. The van der Waals surface area contributed by atoms with E-state index < -0.39 is 0 Å². The molecule has 1 aliphatic carbocycles. The summed E-state index contributed by atoms with van der Waals surface area (Å²) >= 11 is 4.97. The number of hydrogen-bond donors (Lipinski definition) is 1. The fraction of sp³-hybridized carbons (Fsp3) is 0.312. The number of carbonyl (C=O) groups excluding carboxylic acids is 1. The van der Waals surface area contributed by atoms with Crippen molar-refractivity contribution in [3.63, 3.8) is 0 Å². The predicted octanol–water partition coefficient (Wildman–Crippen LogP) is 4.63. The van der Waals surface area contributed by atoms with Crippen molar-refractivity contribution in [3.8, 4) is 0 Å². The lowest BCUT2D eigenvalue weighted by Gasteiger charge is -2.26. The van der Waals surface area contributed by atoms with Crippen molar-refractivity contribution in [3.05, 3.63) is 55.7 Å². The van der Waals surface area contributed by atoms with Crippen molar-refractivity contribution in [1.29, 1.82) is 0 Å². The minimum Gasteiger partial charge on any atom is -0.345 e. The number of aryl methyl sites for hydroxylation is 2. The van der Waals surface area contributed by atoms with Crippen molar-refractivity contribution in [1.82, 2.24) is 5.32 Å². The largest absolute Gasteiger partial charge is 0.345 e. The van der Waals surface area contributed by atoms with Gasteiger partial charge in [0, 0.05) is 0 Å². The van der Waals surface area contributed by atoms with Gasteiger partial charge in [0.2, 0.25) is 0 Å². The molecule has 1 aromatic heterocycles. The molecule has 1 unspecified atom stereocenters. The van der Waals surface area contributed by atoms with Crippen LogP contribution in [0.25, 0.3) is 0 Å². The van der Waals surface area contributed by atoms with Gasteiger partial charge in [-0.15, -0.1) is 11.3 Å². The number of halogens is 1. The summed E-state index contributed by atoms with van der Waals surface area (Å²) in [5.41, 5.74) is 3.76. The van der Waals surface area contributed by atoms with Crippen LogP contribution in [0.15, 0.2) is 34.1 Å². The van der Waals surface area contributed by atoms with Crippen LogP contribution in [-0.4, -0.2) is 5.91 Å². The van der Waals surface area contributed by atoms with Crippen LogP contribution in [0, 0.1) is 6.92 Å². The van der Waals surface area contributed by atoms with Crippen LogP contribution in [0.1, 0.15) is 45.2 Å². The van der Waals surface area contributed by atoms with Crippen LogP contribution in [0.3, 0.4) is 0 Å². The van der Waals surface area contributed by atoms with Crippen molar-refractivity contribution in [2.24, 2.45) is 0 Å². The summed E-state index contributed by atoms with van der Waals surface area (Å²) in [7, 11) is 0. The summed E-state index contributed by atoms with van der Waals surface area (Å²) in [6.45, 7) is 2.01. The fourth-order valence-corrected chi connectivity index (χ4v) is 4.14. The Hall–Kier alpha value is -1.13. The first-order valence-corrected chi connectivity index (χ1v) is 8.40. The van der Waals surface area contributed by atoms with Crippen LogP contribution in [0.2, 0.25) is 0 Å². The third kappa shape index (κ3) is 2.67. The molecule has 1 heterocycles. The van der Waals surface area contributed by atoms with E-state index in [-0.39, 0.29) is 11.9 Å². The number of hydrogen-bond acceptors (Lipinski definition) is 2. The molecule has 0 saturated heterocycles. The second kappa shape index (κ2) is 5.70. The Morgan fingerprint density at radius 1 is 1.40 bits per heavy atom. The summed E-state index contributed by atoms with van der Waals surface area (Å²) < 4.78 is 1.03. The summed E-state index contributed by atoms with van der Waals surface area (Å²) in [5, 5.41) is 3.18. The molecule has 0 aliphatic heterocycles. The van der Waals surface area contributed by atoms with Gasteiger partial charge >= 0.3 is 0 Å². The summed E-state index contributed by atoms with van der Waals surface area (Å²) in [6.07, 6.45) is 3.27. The topological polar surface area (TPSA) is 29.1 Å². The van der Waals surface area contributed by atoms with Gasteiger partial charge in [0.15, 0.2) is 0 Å². The first kappa shape index (κ1) is 13.8. The molecule has 20 heavy (non-hydrogen) atoms. The van der Waals surface area contributed by atoms with Crippen molar-refractivity contribution in [2.75, 3.05) is 0 Å². The molecule has 1 aliphatic rings. The van der Waals surface area contributed by atoms with Gasteiger partial charge in [-0.2, -0.15) is 0 Å². The lowest BCUT2D eigenvalue weighted by molar-refractivity contribution is 0.0937. The zero-order valence-corrected chi connectivity index (χ0v) is 13.7. The maximum absolute atomic E-state index is 12.4. The second-order valence-corrected chi connectivity index (χ2v) is 7.55. The lowest BCUT2D eigenvalue weighted by Crippen LogP contribution is -2.30. The van der Waals surface area contributed by atoms with Crippen LogP contribution < -0.4 is 5.32 Å². The molecule has 2 aromatic rings. The van der Waals surface area contributed by atoms with Gasteiger partial charge in [-0.05, 0) is 64.9 Å². The molecule has 4 heteroatoms. The van der Waals surface area contributed by atoms with Gasteiger partial charge in [0.1, 0.15) is 0 Å².